The Kier molecular flexibility index (Phi) is 4.08. The lowest BCUT2D eigenvalue weighted by Crippen LogP contribution is -2.22. The van der Waals surface area contributed by atoms with Crippen LogP contribution in [0.25, 0.3) is 33.3 Å². The van der Waals surface area contributed by atoms with E-state index in [1.165, 1.54) is 0 Å². The summed E-state index contributed by atoms with van der Waals surface area (Å²) in [6.45, 7) is 0. The zero-order valence-electron chi connectivity index (χ0n) is 17.1. The van der Waals surface area contributed by atoms with Crippen LogP contribution in [0.2, 0.25) is 0 Å². The Bertz CT molecular complexity index is 1550. The summed E-state index contributed by atoms with van der Waals surface area (Å²) in [7, 11) is 0. The molecule has 1 aliphatic carbocycles. The van der Waals surface area contributed by atoms with Gasteiger partial charge in [-0.2, -0.15) is 0 Å². The van der Waals surface area contributed by atoms with Crippen molar-refractivity contribution in [3.8, 4) is 22.4 Å². The third kappa shape index (κ3) is 2.72. The van der Waals surface area contributed by atoms with Gasteiger partial charge < -0.3 is 0 Å². The highest BCUT2D eigenvalue weighted by Crippen LogP contribution is 2.40. The molecule has 1 heterocycles. The van der Waals surface area contributed by atoms with E-state index in [0.717, 1.165) is 22.0 Å². The number of para-hydroxylation sites is 1. The molecule has 0 radical (unpaired) electrons. The van der Waals surface area contributed by atoms with Crippen LogP contribution in [0.1, 0.15) is 31.8 Å². The van der Waals surface area contributed by atoms with E-state index >= 15 is 0 Å². The topological polar surface area (TPSA) is 47.0 Å². The molecule has 1 aliphatic rings. The van der Waals surface area contributed by atoms with Crippen molar-refractivity contribution in [1.82, 2.24) is 4.98 Å². The zero-order valence-corrected chi connectivity index (χ0v) is 17.1. The number of carbonyl (C=O) groups excluding carboxylic acids is 2. The Balaban J connectivity index is 1.71. The van der Waals surface area contributed by atoms with E-state index in [2.05, 4.69) is 0 Å². The Morgan fingerprint density at radius 2 is 1.12 bits per heavy atom. The van der Waals surface area contributed by atoms with Crippen LogP contribution in [0.3, 0.4) is 0 Å². The van der Waals surface area contributed by atoms with E-state index in [0.29, 0.717) is 33.5 Å². The van der Waals surface area contributed by atoms with Gasteiger partial charge in [-0.15, -0.1) is 0 Å². The maximum absolute atomic E-state index is 13.7. The number of fused-ring (bicyclic) bond motifs is 3. The van der Waals surface area contributed by atoms with Crippen LogP contribution in [-0.4, -0.2) is 16.6 Å². The van der Waals surface area contributed by atoms with Crippen LogP contribution >= 0.6 is 0 Å². The van der Waals surface area contributed by atoms with Gasteiger partial charge >= 0.3 is 0 Å². The van der Waals surface area contributed by atoms with Gasteiger partial charge in [0.25, 0.3) is 0 Å². The summed E-state index contributed by atoms with van der Waals surface area (Å²) < 4.78 is 0. The molecular weight excluding hydrogens is 394 g/mol. The number of hydrogen-bond donors (Lipinski definition) is 0. The summed E-state index contributed by atoms with van der Waals surface area (Å²) in [4.78, 5) is 31.9. The fourth-order valence-electron chi connectivity index (χ4n) is 4.52. The standard InChI is InChI=1S/C29H17NO2/c31-28-21-11-5-6-12-22(21)29(32)27-23(28)16-15-20(18-8-2-1-3-9-18)26(27)25-17-14-19-10-4-7-13-24(19)30-25/h1-17H. The maximum Gasteiger partial charge on any atom is 0.195 e. The highest BCUT2D eigenvalue weighted by Gasteiger charge is 2.33. The summed E-state index contributed by atoms with van der Waals surface area (Å²) in [6, 6.07) is 32.5. The largest absolute Gasteiger partial charge is 0.289 e. The molecule has 3 heteroatoms. The number of aromatic nitrogens is 1. The second-order valence-corrected chi connectivity index (χ2v) is 7.87. The van der Waals surface area contributed by atoms with Gasteiger partial charge in [0.15, 0.2) is 11.6 Å². The van der Waals surface area contributed by atoms with Crippen molar-refractivity contribution in [3.05, 3.63) is 125 Å². The molecule has 0 fully saturated rings. The lowest BCUT2D eigenvalue weighted by molar-refractivity contribution is 0.0979. The molecule has 0 atom stereocenters. The molecule has 32 heavy (non-hydrogen) atoms. The van der Waals surface area contributed by atoms with Crippen molar-refractivity contribution in [2.45, 2.75) is 0 Å². The molecule has 0 aliphatic heterocycles. The monoisotopic (exact) mass is 411 g/mol. The molecule has 0 spiro atoms. The van der Waals surface area contributed by atoms with E-state index in [1.807, 2.05) is 72.8 Å². The van der Waals surface area contributed by atoms with Crippen LogP contribution in [0.4, 0.5) is 0 Å². The second-order valence-electron chi connectivity index (χ2n) is 7.87. The van der Waals surface area contributed by atoms with Crippen LogP contribution in [-0.2, 0) is 0 Å². The number of pyridine rings is 1. The third-order valence-corrected chi connectivity index (χ3v) is 6.03. The van der Waals surface area contributed by atoms with Crippen molar-refractivity contribution < 1.29 is 9.59 Å². The number of rotatable bonds is 2. The first-order valence-corrected chi connectivity index (χ1v) is 10.5. The van der Waals surface area contributed by atoms with Gasteiger partial charge in [-0.05, 0) is 29.3 Å². The van der Waals surface area contributed by atoms with Crippen molar-refractivity contribution >= 4 is 22.5 Å². The summed E-state index contributed by atoms with van der Waals surface area (Å²) in [5.74, 6) is -0.269. The average molecular weight is 411 g/mol. The molecule has 4 aromatic carbocycles. The minimum atomic E-state index is -0.141. The molecule has 0 unspecified atom stereocenters. The summed E-state index contributed by atoms with van der Waals surface area (Å²) >= 11 is 0. The van der Waals surface area contributed by atoms with Crippen LogP contribution in [0.15, 0.2) is 103 Å². The Morgan fingerprint density at radius 3 is 1.94 bits per heavy atom. The highest BCUT2D eigenvalue weighted by molar-refractivity contribution is 6.31. The smallest absolute Gasteiger partial charge is 0.195 e. The number of hydrogen-bond acceptors (Lipinski definition) is 3. The van der Waals surface area contributed by atoms with E-state index in [-0.39, 0.29) is 11.6 Å². The Labute approximate surface area is 185 Å². The first kappa shape index (κ1) is 18.4. The minimum Gasteiger partial charge on any atom is -0.289 e. The molecule has 5 aromatic rings. The molecule has 6 rings (SSSR count). The molecule has 0 bridgehead atoms. The quantitative estimate of drug-likeness (QED) is 0.334. The lowest BCUT2D eigenvalue weighted by Gasteiger charge is -2.22. The predicted molar refractivity (Wildman–Crippen MR) is 126 cm³/mol. The Morgan fingerprint density at radius 1 is 0.469 bits per heavy atom. The predicted octanol–water partition coefficient (Wildman–Crippen LogP) is 6.34. The molecule has 1 aromatic heterocycles. The molecule has 0 N–H and O–H groups in total. The van der Waals surface area contributed by atoms with Crippen molar-refractivity contribution in [3.63, 3.8) is 0 Å². The molecule has 0 amide bonds. The van der Waals surface area contributed by atoms with E-state index in [4.69, 9.17) is 4.98 Å². The first-order valence-electron chi connectivity index (χ1n) is 10.5. The second kappa shape index (κ2) is 7.10. The van der Waals surface area contributed by atoms with Crippen molar-refractivity contribution in [2.24, 2.45) is 0 Å². The van der Waals surface area contributed by atoms with Crippen LogP contribution in [0, 0.1) is 0 Å². The van der Waals surface area contributed by atoms with Crippen LogP contribution in [0.5, 0.6) is 0 Å². The number of ketones is 2. The summed E-state index contributed by atoms with van der Waals surface area (Å²) in [5, 5.41) is 1.02. The summed E-state index contributed by atoms with van der Waals surface area (Å²) in [6.07, 6.45) is 0. The molecule has 150 valence electrons. The molecule has 0 saturated carbocycles. The van der Waals surface area contributed by atoms with Crippen molar-refractivity contribution in [1.29, 1.82) is 0 Å². The SMILES string of the molecule is O=C1c2ccccc2C(=O)c2c1ccc(-c1ccccc1)c2-c1ccc2ccccc2n1. The van der Waals surface area contributed by atoms with Gasteiger partial charge in [0.1, 0.15) is 0 Å². The molecule has 0 saturated heterocycles. The highest BCUT2D eigenvalue weighted by atomic mass is 16.1. The first-order chi connectivity index (χ1) is 15.7. The van der Waals surface area contributed by atoms with Gasteiger partial charge in [0.2, 0.25) is 0 Å². The van der Waals surface area contributed by atoms with Gasteiger partial charge in [0.05, 0.1) is 11.2 Å². The van der Waals surface area contributed by atoms with E-state index in [1.54, 1.807) is 30.3 Å². The average Bonchev–Trinajstić information content (AvgIpc) is 2.86. The normalized spacial score (nSPS) is 12.5. The molecular formula is C29H17NO2. The molecule has 3 nitrogen and oxygen atoms in total. The minimum absolute atomic E-state index is 0.128. The van der Waals surface area contributed by atoms with E-state index in [9.17, 15) is 9.59 Å². The van der Waals surface area contributed by atoms with Crippen molar-refractivity contribution in [2.75, 3.05) is 0 Å². The third-order valence-electron chi connectivity index (χ3n) is 6.03. The number of carbonyl (C=O) groups is 2. The van der Waals surface area contributed by atoms with Crippen LogP contribution < -0.4 is 0 Å². The van der Waals surface area contributed by atoms with E-state index < -0.39 is 0 Å². The van der Waals surface area contributed by atoms with Gasteiger partial charge in [0, 0.05) is 33.2 Å². The van der Waals surface area contributed by atoms with Gasteiger partial charge in [-0.3, -0.25) is 9.59 Å². The fourth-order valence-corrected chi connectivity index (χ4v) is 4.52. The van der Waals surface area contributed by atoms with Gasteiger partial charge in [-0.1, -0.05) is 84.9 Å². The number of benzene rings is 4. The fraction of sp³-hybridized carbons (Fsp3) is 0. The number of nitrogens with zero attached hydrogens (tertiary/aromatic N) is 1. The zero-order chi connectivity index (χ0) is 21.7. The van der Waals surface area contributed by atoms with Gasteiger partial charge in [-0.25, -0.2) is 4.98 Å². The lowest BCUT2D eigenvalue weighted by atomic mass is 9.78. The maximum atomic E-state index is 13.7. The Hall–Kier alpha value is -4.37. The summed E-state index contributed by atoms with van der Waals surface area (Å²) in [5.41, 5.74) is 5.83.